The number of likely N-dealkylation sites (tertiary alicyclic amines) is 1. The first-order valence-corrected chi connectivity index (χ1v) is 6.64. The molecule has 3 heterocycles. The largest absolute Gasteiger partial charge is 0.461 e. The number of rotatable bonds is 4. The SMILES string of the molecule is OC[C@H]1CN(Cc2nc(-c3ccco3)no2)CC[C@H]1O. The zero-order valence-corrected chi connectivity index (χ0v) is 11.0. The Bertz CT molecular complexity index is 540. The van der Waals surface area contributed by atoms with Crippen LogP contribution in [0.25, 0.3) is 11.6 Å². The number of hydrogen-bond donors (Lipinski definition) is 2. The van der Waals surface area contributed by atoms with E-state index in [-0.39, 0.29) is 12.5 Å². The summed E-state index contributed by atoms with van der Waals surface area (Å²) in [6, 6.07) is 3.54. The normalized spacial score (nSPS) is 24.1. The van der Waals surface area contributed by atoms with Crippen molar-refractivity contribution in [1.29, 1.82) is 0 Å². The van der Waals surface area contributed by atoms with Gasteiger partial charge in [-0.1, -0.05) is 5.16 Å². The topological polar surface area (TPSA) is 95.8 Å². The molecule has 1 saturated heterocycles. The zero-order chi connectivity index (χ0) is 13.9. The molecule has 2 aromatic rings. The van der Waals surface area contributed by atoms with E-state index < -0.39 is 6.10 Å². The number of hydrogen-bond acceptors (Lipinski definition) is 7. The molecule has 0 amide bonds. The minimum absolute atomic E-state index is 0.0147. The average Bonchev–Trinajstić information content (AvgIpc) is 3.11. The van der Waals surface area contributed by atoms with Crippen LogP contribution in [0.3, 0.4) is 0 Å². The van der Waals surface area contributed by atoms with Crippen LogP contribution in [0, 0.1) is 5.92 Å². The van der Waals surface area contributed by atoms with Gasteiger partial charge in [0, 0.05) is 25.6 Å². The number of aliphatic hydroxyl groups is 2. The van der Waals surface area contributed by atoms with E-state index in [1.165, 1.54) is 0 Å². The van der Waals surface area contributed by atoms with Gasteiger partial charge in [0.15, 0.2) is 5.76 Å². The molecule has 0 saturated carbocycles. The molecular formula is C13H17N3O4. The molecule has 0 aliphatic carbocycles. The molecule has 2 N–H and O–H groups in total. The number of nitrogens with zero attached hydrogens (tertiary/aromatic N) is 3. The van der Waals surface area contributed by atoms with Gasteiger partial charge in [0.2, 0.25) is 11.7 Å². The molecule has 0 bridgehead atoms. The van der Waals surface area contributed by atoms with Gasteiger partial charge in [-0.3, -0.25) is 4.90 Å². The van der Waals surface area contributed by atoms with Crippen molar-refractivity contribution < 1.29 is 19.2 Å². The molecule has 1 aliphatic rings. The summed E-state index contributed by atoms with van der Waals surface area (Å²) in [5.41, 5.74) is 0. The second-order valence-electron chi connectivity index (χ2n) is 5.02. The molecular weight excluding hydrogens is 262 g/mol. The van der Waals surface area contributed by atoms with Crippen molar-refractivity contribution in [2.45, 2.75) is 19.1 Å². The summed E-state index contributed by atoms with van der Waals surface area (Å²) in [6.45, 7) is 1.86. The van der Waals surface area contributed by atoms with Crippen LogP contribution in [0.2, 0.25) is 0 Å². The molecule has 1 aliphatic heterocycles. The van der Waals surface area contributed by atoms with Crippen molar-refractivity contribution in [2.24, 2.45) is 5.92 Å². The van der Waals surface area contributed by atoms with Crippen LogP contribution in [-0.4, -0.2) is 51.1 Å². The molecule has 108 valence electrons. The van der Waals surface area contributed by atoms with Gasteiger partial charge in [-0.05, 0) is 18.6 Å². The van der Waals surface area contributed by atoms with Gasteiger partial charge < -0.3 is 19.2 Å². The summed E-state index contributed by atoms with van der Waals surface area (Å²) in [4.78, 5) is 6.37. The highest BCUT2D eigenvalue weighted by atomic mass is 16.5. The third-order valence-corrected chi connectivity index (χ3v) is 3.58. The van der Waals surface area contributed by atoms with E-state index in [9.17, 15) is 10.2 Å². The molecule has 7 nitrogen and oxygen atoms in total. The van der Waals surface area contributed by atoms with Crippen LogP contribution in [0.4, 0.5) is 0 Å². The minimum Gasteiger partial charge on any atom is -0.461 e. The maximum atomic E-state index is 9.73. The highest BCUT2D eigenvalue weighted by molar-refractivity contribution is 5.44. The molecule has 0 spiro atoms. The van der Waals surface area contributed by atoms with E-state index >= 15 is 0 Å². The summed E-state index contributed by atoms with van der Waals surface area (Å²) in [5.74, 6) is 1.39. The van der Waals surface area contributed by atoms with E-state index in [0.29, 0.717) is 37.0 Å². The van der Waals surface area contributed by atoms with Crippen molar-refractivity contribution in [1.82, 2.24) is 15.0 Å². The third kappa shape index (κ3) is 2.74. The Labute approximate surface area is 115 Å². The van der Waals surface area contributed by atoms with E-state index in [4.69, 9.17) is 8.94 Å². The Morgan fingerprint density at radius 1 is 1.45 bits per heavy atom. The van der Waals surface area contributed by atoms with Crippen LogP contribution in [0.5, 0.6) is 0 Å². The summed E-state index contributed by atoms with van der Waals surface area (Å²) >= 11 is 0. The zero-order valence-electron chi connectivity index (χ0n) is 11.0. The lowest BCUT2D eigenvalue weighted by Gasteiger charge is -2.34. The Kier molecular flexibility index (Phi) is 3.81. The summed E-state index contributed by atoms with van der Waals surface area (Å²) in [6.07, 6.45) is 1.77. The van der Waals surface area contributed by atoms with Gasteiger partial charge >= 0.3 is 0 Å². The molecule has 20 heavy (non-hydrogen) atoms. The molecule has 2 atom stereocenters. The molecule has 1 fully saturated rings. The summed E-state index contributed by atoms with van der Waals surface area (Å²) in [5, 5.41) is 22.8. The fraction of sp³-hybridized carbons (Fsp3) is 0.538. The monoisotopic (exact) mass is 279 g/mol. The van der Waals surface area contributed by atoms with Crippen LogP contribution in [0.1, 0.15) is 12.3 Å². The Balaban J connectivity index is 1.64. The molecule has 7 heteroatoms. The maximum absolute atomic E-state index is 9.73. The lowest BCUT2D eigenvalue weighted by atomic mass is 9.96. The number of piperidine rings is 1. The van der Waals surface area contributed by atoms with Crippen molar-refractivity contribution in [3.8, 4) is 11.6 Å². The van der Waals surface area contributed by atoms with Crippen molar-refractivity contribution >= 4 is 0 Å². The first-order chi connectivity index (χ1) is 9.76. The average molecular weight is 279 g/mol. The van der Waals surface area contributed by atoms with Crippen LogP contribution in [-0.2, 0) is 6.54 Å². The number of furan rings is 1. The third-order valence-electron chi connectivity index (χ3n) is 3.58. The smallest absolute Gasteiger partial charge is 0.241 e. The Morgan fingerprint density at radius 3 is 3.10 bits per heavy atom. The van der Waals surface area contributed by atoms with E-state index in [2.05, 4.69) is 15.0 Å². The van der Waals surface area contributed by atoms with E-state index in [0.717, 1.165) is 6.54 Å². The highest BCUT2D eigenvalue weighted by Gasteiger charge is 2.28. The van der Waals surface area contributed by atoms with Crippen molar-refractivity contribution in [3.05, 3.63) is 24.3 Å². The first kappa shape index (κ1) is 13.3. The second-order valence-corrected chi connectivity index (χ2v) is 5.02. The quantitative estimate of drug-likeness (QED) is 0.841. The van der Waals surface area contributed by atoms with Crippen molar-refractivity contribution in [3.63, 3.8) is 0 Å². The van der Waals surface area contributed by atoms with Gasteiger partial charge in [0.25, 0.3) is 0 Å². The van der Waals surface area contributed by atoms with Gasteiger partial charge in [-0.25, -0.2) is 0 Å². The second kappa shape index (κ2) is 5.74. The predicted molar refractivity (Wildman–Crippen MR) is 68.5 cm³/mol. The molecule has 2 aromatic heterocycles. The summed E-state index contributed by atoms with van der Waals surface area (Å²) < 4.78 is 10.4. The maximum Gasteiger partial charge on any atom is 0.241 e. The predicted octanol–water partition coefficient (Wildman–Crippen LogP) is 0.505. The van der Waals surface area contributed by atoms with Crippen LogP contribution < -0.4 is 0 Å². The van der Waals surface area contributed by atoms with Crippen LogP contribution >= 0.6 is 0 Å². The van der Waals surface area contributed by atoms with Crippen molar-refractivity contribution in [2.75, 3.05) is 19.7 Å². The Morgan fingerprint density at radius 2 is 2.35 bits per heavy atom. The van der Waals surface area contributed by atoms with Gasteiger partial charge in [0.05, 0.1) is 18.9 Å². The van der Waals surface area contributed by atoms with Crippen LogP contribution in [0.15, 0.2) is 27.3 Å². The summed E-state index contributed by atoms with van der Waals surface area (Å²) in [7, 11) is 0. The number of aromatic nitrogens is 2. The molecule has 0 unspecified atom stereocenters. The fourth-order valence-electron chi connectivity index (χ4n) is 2.43. The Hall–Kier alpha value is -1.70. The number of aliphatic hydroxyl groups excluding tert-OH is 2. The lowest BCUT2D eigenvalue weighted by molar-refractivity contribution is -0.00469. The minimum atomic E-state index is -0.433. The molecule has 0 radical (unpaired) electrons. The molecule has 3 rings (SSSR count). The molecule has 0 aromatic carbocycles. The first-order valence-electron chi connectivity index (χ1n) is 6.64. The van der Waals surface area contributed by atoms with Gasteiger partial charge in [-0.2, -0.15) is 4.98 Å². The fourth-order valence-corrected chi connectivity index (χ4v) is 2.43. The van der Waals surface area contributed by atoms with E-state index in [1.54, 1.807) is 18.4 Å². The highest BCUT2D eigenvalue weighted by Crippen LogP contribution is 2.20. The van der Waals surface area contributed by atoms with Gasteiger partial charge in [-0.15, -0.1) is 0 Å². The standard InChI is InChI=1S/C13H17N3O4/c17-8-9-6-16(4-3-10(9)18)7-12-14-13(15-20-12)11-2-1-5-19-11/h1-2,5,9-10,17-18H,3-4,6-8H2/t9-,10-/m1/s1. The van der Waals surface area contributed by atoms with Gasteiger partial charge in [0.1, 0.15) is 0 Å². The lowest BCUT2D eigenvalue weighted by Crippen LogP contribution is -2.44. The van der Waals surface area contributed by atoms with E-state index in [1.807, 2.05) is 0 Å².